The van der Waals surface area contributed by atoms with Crippen LogP contribution in [0.3, 0.4) is 0 Å². The lowest BCUT2D eigenvalue weighted by molar-refractivity contribution is 0.363. The first kappa shape index (κ1) is 21.7. The van der Waals surface area contributed by atoms with E-state index in [2.05, 4.69) is 16.8 Å². The summed E-state index contributed by atoms with van der Waals surface area (Å²) >= 11 is 1.50. The summed E-state index contributed by atoms with van der Waals surface area (Å²) in [6.07, 6.45) is 7.41. The molecule has 0 spiro atoms. The van der Waals surface area contributed by atoms with Crippen LogP contribution in [0.1, 0.15) is 25.3 Å². The van der Waals surface area contributed by atoms with Crippen molar-refractivity contribution in [1.29, 1.82) is 0 Å². The number of imidazole rings is 1. The molecule has 4 aromatic rings. The smallest absolute Gasteiger partial charge is 0.180 e. The topological polar surface area (TPSA) is 99.9 Å². The molecule has 172 valence electrons. The highest BCUT2D eigenvalue weighted by molar-refractivity contribution is 7.99. The van der Waals surface area contributed by atoms with Crippen LogP contribution in [0.15, 0.2) is 53.0 Å². The largest absolute Gasteiger partial charge is 0.497 e. The van der Waals surface area contributed by atoms with Crippen LogP contribution >= 0.6 is 11.8 Å². The average Bonchev–Trinajstić information content (AvgIpc) is 3.37. The van der Waals surface area contributed by atoms with Crippen molar-refractivity contribution < 1.29 is 4.74 Å². The molecule has 0 atom stereocenters. The van der Waals surface area contributed by atoms with Gasteiger partial charge < -0.3 is 19.9 Å². The van der Waals surface area contributed by atoms with Gasteiger partial charge in [0, 0.05) is 38.1 Å². The van der Waals surface area contributed by atoms with Crippen molar-refractivity contribution in [2.45, 2.75) is 42.0 Å². The van der Waals surface area contributed by atoms with E-state index in [9.17, 15) is 0 Å². The Hall–Kier alpha value is -3.11. The van der Waals surface area contributed by atoms with E-state index < -0.39 is 0 Å². The molecule has 0 radical (unpaired) electrons. The van der Waals surface area contributed by atoms with Gasteiger partial charge in [-0.1, -0.05) is 12.1 Å². The van der Waals surface area contributed by atoms with Crippen molar-refractivity contribution in [2.75, 3.05) is 25.1 Å². The van der Waals surface area contributed by atoms with E-state index in [0.717, 1.165) is 64.4 Å². The summed E-state index contributed by atoms with van der Waals surface area (Å²) < 4.78 is 9.19. The van der Waals surface area contributed by atoms with Crippen LogP contribution < -0.4 is 15.4 Å². The normalized spacial score (nSPS) is 15.8. The summed E-state index contributed by atoms with van der Waals surface area (Å²) in [5.74, 6) is 1.69. The number of hydrogen-bond acceptors (Lipinski definition) is 8. The highest BCUT2D eigenvalue weighted by Crippen LogP contribution is 2.32. The third-order valence-electron chi connectivity index (χ3n) is 6.09. The molecule has 4 heterocycles. The Kier molecular flexibility index (Phi) is 5.71. The van der Waals surface area contributed by atoms with Gasteiger partial charge in [-0.15, -0.1) is 0 Å². The maximum Gasteiger partial charge on any atom is 0.180 e. The second-order valence-corrected chi connectivity index (χ2v) is 9.73. The molecular weight excluding hydrogens is 436 g/mol. The van der Waals surface area contributed by atoms with E-state index in [4.69, 9.17) is 25.5 Å². The molecule has 1 fully saturated rings. The Morgan fingerprint density at radius 2 is 1.91 bits per heavy atom. The molecule has 1 aromatic carbocycles. The number of nitrogens with two attached hydrogens (primary N) is 1. The summed E-state index contributed by atoms with van der Waals surface area (Å²) in [6.45, 7) is 4.44. The van der Waals surface area contributed by atoms with Crippen molar-refractivity contribution in [2.24, 2.45) is 12.8 Å². The highest BCUT2D eigenvalue weighted by Gasteiger charge is 2.27. The fourth-order valence-corrected chi connectivity index (χ4v) is 4.80. The standard InChI is InChI=1S/C23H28N8OS/c1-23(24)8-11-30(12-9-23)18-14-26-19-20(27-18)31(15-16-4-6-17(32-3)7-5-16)28-21(19)33-22-25-10-13-29(22)2/h4-7,10,13-14H,8-9,11-12,15,24H2,1-3H3. The lowest BCUT2D eigenvalue weighted by Gasteiger charge is -2.37. The molecule has 33 heavy (non-hydrogen) atoms. The molecular formula is C23H28N8OS. The SMILES string of the molecule is COc1ccc(Cn2nc(Sc3nccn3C)c3ncc(N4CCC(C)(N)CC4)nc32)cc1. The minimum absolute atomic E-state index is 0.115. The summed E-state index contributed by atoms with van der Waals surface area (Å²) in [5, 5.41) is 6.53. The fraction of sp³-hybridized carbons (Fsp3) is 0.391. The molecule has 5 rings (SSSR count). The maximum atomic E-state index is 6.32. The van der Waals surface area contributed by atoms with Crippen molar-refractivity contribution in [3.05, 3.63) is 48.4 Å². The van der Waals surface area contributed by atoms with Gasteiger partial charge in [-0.2, -0.15) is 5.10 Å². The van der Waals surface area contributed by atoms with E-state index in [1.165, 1.54) is 11.8 Å². The Morgan fingerprint density at radius 3 is 2.58 bits per heavy atom. The first-order valence-corrected chi connectivity index (χ1v) is 11.8. The number of benzene rings is 1. The molecule has 1 aliphatic heterocycles. The third kappa shape index (κ3) is 4.53. The average molecular weight is 465 g/mol. The first-order chi connectivity index (χ1) is 15.9. The molecule has 0 bridgehead atoms. The van der Waals surface area contributed by atoms with Crippen LogP contribution in [0.5, 0.6) is 5.75 Å². The van der Waals surface area contributed by atoms with E-state index in [1.54, 1.807) is 13.3 Å². The van der Waals surface area contributed by atoms with Gasteiger partial charge in [-0.05, 0) is 49.2 Å². The minimum atomic E-state index is -0.115. The van der Waals surface area contributed by atoms with E-state index in [1.807, 2.05) is 53.0 Å². The van der Waals surface area contributed by atoms with Gasteiger partial charge >= 0.3 is 0 Å². The second kappa shape index (κ2) is 8.68. The Balaban J connectivity index is 1.51. The number of aromatic nitrogens is 6. The van der Waals surface area contributed by atoms with Crippen molar-refractivity contribution in [3.63, 3.8) is 0 Å². The summed E-state index contributed by atoms with van der Waals surface area (Å²) in [4.78, 5) is 16.5. The summed E-state index contributed by atoms with van der Waals surface area (Å²) in [6, 6.07) is 8.00. The zero-order chi connectivity index (χ0) is 23.0. The van der Waals surface area contributed by atoms with Crippen LogP contribution in [0.2, 0.25) is 0 Å². The first-order valence-electron chi connectivity index (χ1n) is 11.0. The number of piperidine rings is 1. The molecule has 0 aliphatic carbocycles. The van der Waals surface area contributed by atoms with Crippen LogP contribution in [-0.4, -0.2) is 55.0 Å². The van der Waals surface area contributed by atoms with Gasteiger partial charge in [0.25, 0.3) is 0 Å². The van der Waals surface area contributed by atoms with Crippen molar-refractivity contribution in [1.82, 2.24) is 29.3 Å². The zero-order valence-corrected chi connectivity index (χ0v) is 19.9. The zero-order valence-electron chi connectivity index (χ0n) is 19.1. The van der Waals surface area contributed by atoms with E-state index in [0.29, 0.717) is 6.54 Å². The molecule has 0 amide bonds. The molecule has 2 N–H and O–H groups in total. The summed E-state index contributed by atoms with van der Waals surface area (Å²) in [5.41, 5.74) is 8.86. The van der Waals surface area contributed by atoms with Gasteiger partial charge in [0.2, 0.25) is 0 Å². The summed E-state index contributed by atoms with van der Waals surface area (Å²) in [7, 11) is 3.64. The fourth-order valence-electron chi connectivity index (χ4n) is 3.92. The Morgan fingerprint density at radius 1 is 1.15 bits per heavy atom. The number of rotatable bonds is 6. The molecule has 10 heteroatoms. The number of methoxy groups -OCH3 is 1. The van der Waals surface area contributed by atoms with E-state index >= 15 is 0 Å². The van der Waals surface area contributed by atoms with Crippen molar-refractivity contribution in [3.8, 4) is 5.75 Å². The molecule has 3 aromatic heterocycles. The monoisotopic (exact) mass is 464 g/mol. The Bertz CT molecular complexity index is 1250. The van der Waals surface area contributed by atoms with Gasteiger partial charge in [-0.3, -0.25) is 0 Å². The van der Waals surface area contributed by atoms with Gasteiger partial charge in [0.05, 0.1) is 19.9 Å². The molecule has 0 unspecified atom stereocenters. The van der Waals surface area contributed by atoms with Gasteiger partial charge in [0.1, 0.15) is 17.1 Å². The molecule has 0 saturated carbocycles. The van der Waals surface area contributed by atoms with E-state index in [-0.39, 0.29) is 5.54 Å². The molecule has 1 saturated heterocycles. The maximum absolute atomic E-state index is 6.32. The van der Waals surface area contributed by atoms with Gasteiger partial charge in [-0.25, -0.2) is 19.6 Å². The van der Waals surface area contributed by atoms with Crippen LogP contribution in [0.4, 0.5) is 5.82 Å². The number of nitrogens with zero attached hydrogens (tertiary/aromatic N) is 7. The third-order valence-corrected chi connectivity index (χ3v) is 7.13. The highest BCUT2D eigenvalue weighted by atomic mass is 32.2. The number of hydrogen-bond donors (Lipinski definition) is 1. The van der Waals surface area contributed by atoms with Crippen LogP contribution in [-0.2, 0) is 13.6 Å². The van der Waals surface area contributed by atoms with Crippen LogP contribution in [0, 0.1) is 0 Å². The Labute approximate surface area is 197 Å². The predicted molar refractivity (Wildman–Crippen MR) is 129 cm³/mol. The lowest BCUT2D eigenvalue weighted by Crippen LogP contribution is -2.48. The lowest BCUT2D eigenvalue weighted by atomic mass is 9.91. The van der Waals surface area contributed by atoms with Crippen LogP contribution in [0.25, 0.3) is 11.2 Å². The quantitative estimate of drug-likeness (QED) is 0.465. The number of fused-ring (bicyclic) bond motifs is 1. The second-order valence-electron chi connectivity index (χ2n) is 8.78. The minimum Gasteiger partial charge on any atom is -0.497 e. The number of anilines is 1. The number of aryl methyl sites for hydroxylation is 1. The molecule has 9 nitrogen and oxygen atoms in total. The van der Waals surface area contributed by atoms with Crippen molar-refractivity contribution >= 4 is 28.7 Å². The van der Waals surface area contributed by atoms with Gasteiger partial charge in [0.15, 0.2) is 15.8 Å². The molecule has 1 aliphatic rings. The number of ether oxygens (including phenoxy) is 1. The predicted octanol–water partition coefficient (Wildman–Crippen LogP) is 3.09.